The predicted molar refractivity (Wildman–Crippen MR) is 77.1 cm³/mol. The molecule has 5 nitrogen and oxygen atoms in total. The first-order valence-electron chi connectivity index (χ1n) is 6.07. The van der Waals surface area contributed by atoms with Gasteiger partial charge >= 0.3 is 5.97 Å². The number of thiophene rings is 1. The zero-order valence-corrected chi connectivity index (χ0v) is 12.8. The molecule has 0 aliphatic heterocycles. The normalized spacial score (nSPS) is 11.8. The summed E-state index contributed by atoms with van der Waals surface area (Å²) < 4.78 is 5.05. The van der Waals surface area contributed by atoms with Crippen LogP contribution in [0.5, 0.6) is 0 Å². The summed E-state index contributed by atoms with van der Waals surface area (Å²) in [6.45, 7) is 1.70. The van der Waals surface area contributed by atoms with Crippen molar-refractivity contribution in [2.75, 3.05) is 7.11 Å². The maximum Gasteiger partial charge on any atom is 0.307 e. The van der Waals surface area contributed by atoms with Crippen LogP contribution in [0.3, 0.4) is 0 Å². The molecule has 0 aliphatic carbocycles. The molecule has 0 fully saturated rings. The molecule has 0 aliphatic rings. The van der Waals surface area contributed by atoms with Crippen molar-refractivity contribution in [1.29, 1.82) is 0 Å². The first-order chi connectivity index (χ1) is 9.42. The van der Waals surface area contributed by atoms with Crippen LogP contribution in [0.1, 0.15) is 35.9 Å². The van der Waals surface area contributed by atoms with Gasteiger partial charge in [0, 0.05) is 18.9 Å². The van der Waals surface area contributed by atoms with E-state index in [0.29, 0.717) is 9.21 Å². The van der Waals surface area contributed by atoms with E-state index < -0.39 is 0 Å². The summed E-state index contributed by atoms with van der Waals surface area (Å²) in [7, 11) is 1.29. The van der Waals surface area contributed by atoms with Crippen molar-refractivity contribution in [3.05, 3.63) is 21.3 Å². The maximum atomic E-state index is 11.8. The molecule has 1 aromatic heterocycles. The average Bonchev–Trinajstić information content (AvgIpc) is 2.82. The highest BCUT2D eigenvalue weighted by Crippen LogP contribution is 2.22. The number of esters is 1. The molecule has 1 rings (SSSR count). The molecule has 1 amide bonds. The molecule has 0 aromatic carbocycles. The summed E-state index contributed by atoms with van der Waals surface area (Å²) in [5.41, 5.74) is 0. The van der Waals surface area contributed by atoms with Crippen LogP contribution in [0.2, 0.25) is 4.34 Å². The smallest absolute Gasteiger partial charge is 0.307 e. The van der Waals surface area contributed by atoms with Crippen molar-refractivity contribution in [2.45, 2.75) is 32.2 Å². The van der Waals surface area contributed by atoms with E-state index in [4.69, 9.17) is 11.6 Å². The Kier molecular flexibility index (Phi) is 6.67. The van der Waals surface area contributed by atoms with Crippen LogP contribution in [0, 0.1) is 0 Å². The summed E-state index contributed by atoms with van der Waals surface area (Å²) in [4.78, 5) is 35.0. The van der Waals surface area contributed by atoms with Crippen LogP contribution in [0.25, 0.3) is 0 Å². The lowest BCUT2D eigenvalue weighted by Gasteiger charge is -2.12. The Labute approximate surface area is 126 Å². The van der Waals surface area contributed by atoms with E-state index in [9.17, 15) is 14.4 Å². The monoisotopic (exact) mass is 317 g/mol. The minimum atomic E-state index is -0.387. The number of hydrogen-bond acceptors (Lipinski definition) is 5. The molecule has 0 saturated carbocycles. The number of hydrogen-bond donors (Lipinski definition) is 1. The number of ketones is 1. The van der Waals surface area contributed by atoms with Crippen LogP contribution >= 0.6 is 22.9 Å². The van der Waals surface area contributed by atoms with Gasteiger partial charge in [0.15, 0.2) is 5.78 Å². The van der Waals surface area contributed by atoms with Crippen LogP contribution in [0.4, 0.5) is 0 Å². The van der Waals surface area contributed by atoms with Gasteiger partial charge in [-0.3, -0.25) is 14.4 Å². The van der Waals surface area contributed by atoms with Gasteiger partial charge in [0.25, 0.3) is 0 Å². The molecular formula is C13H16ClNO4S. The molecular weight excluding hydrogens is 302 g/mol. The topological polar surface area (TPSA) is 72.5 Å². The lowest BCUT2D eigenvalue weighted by Crippen LogP contribution is -2.34. The second-order valence-corrected chi connectivity index (χ2v) is 5.99. The standard InChI is InChI=1S/C13H16ClNO4S/c1-8(7-13(18)19-2)15-12(17)6-3-9(16)10-4-5-11(14)20-10/h4-5,8H,3,6-7H2,1-2H3,(H,15,17)/t8-/m1/s1. The van der Waals surface area contributed by atoms with Crippen molar-refractivity contribution in [3.8, 4) is 0 Å². The van der Waals surface area contributed by atoms with E-state index in [1.54, 1.807) is 19.1 Å². The molecule has 0 unspecified atom stereocenters. The Balaban J connectivity index is 2.32. The largest absolute Gasteiger partial charge is 0.469 e. The Morgan fingerprint density at radius 3 is 2.60 bits per heavy atom. The number of rotatable bonds is 7. The van der Waals surface area contributed by atoms with Gasteiger partial charge in [-0.15, -0.1) is 11.3 Å². The van der Waals surface area contributed by atoms with Crippen LogP contribution in [-0.2, 0) is 14.3 Å². The summed E-state index contributed by atoms with van der Waals surface area (Å²) in [5.74, 6) is -0.766. The lowest BCUT2D eigenvalue weighted by molar-refractivity contribution is -0.141. The maximum absolute atomic E-state index is 11.8. The average molecular weight is 318 g/mol. The summed E-state index contributed by atoms with van der Waals surface area (Å²) in [5, 5.41) is 2.64. The molecule has 1 aromatic rings. The molecule has 7 heteroatoms. The van der Waals surface area contributed by atoms with E-state index in [1.165, 1.54) is 18.4 Å². The fourth-order valence-electron chi connectivity index (χ4n) is 1.55. The minimum Gasteiger partial charge on any atom is -0.469 e. The Morgan fingerprint density at radius 1 is 1.35 bits per heavy atom. The van der Waals surface area contributed by atoms with Gasteiger partial charge in [0.2, 0.25) is 5.91 Å². The van der Waals surface area contributed by atoms with Gasteiger partial charge in [0.05, 0.1) is 22.7 Å². The van der Waals surface area contributed by atoms with E-state index >= 15 is 0 Å². The van der Waals surface area contributed by atoms with Gasteiger partial charge < -0.3 is 10.1 Å². The van der Waals surface area contributed by atoms with E-state index in [2.05, 4.69) is 10.1 Å². The fraction of sp³-hybridized carbons (Fsp3) is 0.462. The van der Waals surface area contributed by atoms with Gasteiger partial charge in [0.1, 0.15) is 0 Å². The number of methoxy groups -OCH3 is 1. The highest BCUT2D eigenvalue weighted by atomic mass is 35.5. The first-order valence-corrected chi connectivity index (χ1v) is 7.26. The Morgan fingerprint density at radius 2 is 2.05 bits per heavy atom. The third-order valence-corrected chi connectivity index (χ3v) is 3.81. The van der Waals surface area contributed by atoms with Gasteiger partial charge in [-0.1, -0.05) is 11.6 Å². The number of amides is 1. The molecule has 0 bridgehead atoms. The Hall–Kier alpha value is -1.40. The summed E-state index contributed by atoms with van der Waals surface area (Å²) >= 11 is 6.94. The van der Waals surface area contributed by atoms with E-state index in [1.807, 2.05) is 0 Å². The van der Waals surface area contributed by atoms with Crippen LogP contribution in [-0.4, -0.2) is 30.8 Å². The highest BCUT2D eigenvalue weighted by molar-refractivity contribution is 7.18. The minimum absolute atomic E-state index is 0.0832. The van der Waals surface area contributed by atoms with Crippen molar-refractivity contribution in [3.63, 3.8) is 0 Å². The predicted octanol–water partition coefficient (Wildman–Crippen LogP) is 2.43. The molecule has 110 valence electrons. The van der Waals surface area contributed by atoms with Gasteiger partial charge in [-0.25, -0.2) is 0 Å². The van der Waals surface area contributed by atoms with Crippen molar-refractivity contribution in [2.24, 2.45) is 0 Å². The third kappa shape index (κ3) is 5.71. The van der Waals surface area contributed by atoms with Crippen molar-refractivity contribution < 1.29 is 19.1 Å². The summed E-state index contributed by atoms with van der Waals surface area (Å²) in [6.07, 6.45) is 0.310. The first kappa shape index (κ1) is 16.7. The quantitative estimate of drug-likeness (QED) is 0.619. The molecule has 1 heterocycles. The fourth-order valence-corrected chi connectivity index (χ4v) is 2.56. The van der Waals surface area contributed by atoms with Crippen LogP contribution in [0.15, 0.2) is 12.1 Å². The second kappa shape index (κ2) is 8.01. The van der Waals surface area contributed by atoms with Gasteiger partial charge in [-0.05, 0) is 19.1 Å². The number of nitrogens with one attached hydrogen (secondary N) is 1. The van der Waals surface area contributed by atoms with Crippen molar-refractivity contribution in [1.82, 2.24) is 5.32 Å². The molecule has 1 N–H and O–H groups in total. The molecule has 20 heavy (non-hydrogen) atoms. The summed E-state index contributed by atoms with van der Waals surface area (Å²) in [6, 6.07) is 2.98. The zero-order valence-electron chi connectivity index (χ0n) is 11.3. The second-order valence-electron chi connectivity index (χ2n) is 4.28. The third-order valence-electron chi connectivity index (χ3n) is 2.54. The SMILES string of the molecule is COC(=O)C[C@@H](C)NC(=O)CCC(=O)c1ccc(Cl)s1. The Bertz CT molecular complexity index is 500. The molecule has 1 atom stereocenters. The lowest BCUT2D eigenvalue weighted by atomic mass is 10.1. The number of carbonyl (C=O) groups excluding carboxylic acids is 3. The van der Waals surface area contributed by atoms with E-state index in [-0.39, 0.29) is 43.0 Å². The van der Waals surface area contributed by atoms with Crippen molar-refractivity contribution >= 4 is 40.6 Å². The zero-order chi connectivity index (χ0) is 15.1. The number of ether oxygens (including phenoxy) is 1. The van der Waals surface area contributed by atoms with E-state index in [0.717, 1.165) is 0 Å². The number of carbonyl (C=O) groups is 3. The van der Waals surface area contributed by atoms with Gasteiger partial charge in [-0.2, -0.15) is 0 Å². The molecule has 0 spiro atoms. The molecule has 0 radical (unpaired) electrons. The highest BCUT2D eigenvalue weighted by Gasteiger charge is 2.14. The molecule has 0 saturated heterocycles. The van der Waals surface area contributed by atoms with Crippen LogP contribution < -0.4 is 5.32 Å². The number of Topliss-reactive ketones (excluding diaryl/α,β-unsaturated/α-hetero) is 1. The number of halogens is 1.